The number of aromatic hydroxyl groups is 4. The number of nitrogen functional groups attached to an aromatic ring is 1. The number of carboxylic acids is 1. The summed E-state index contributed by atoms with van der Waals surface area (Å²) >= 11 is 30.7. The number of halogens is 11. The second-order valence-corrected chi connectivity index (χ2v) is 47.6. The first-order chi connectivity index (χ1) is 62.9. The van der Waals surface area contributed by atoms with Crippen molar-refractivity contribution in [1.29, 1.82) is 0 Å². The fourth-order valence-electron chi connectivity index (χ4n) is 10.5. The molecule has 11 N–H and O–H groups in total. The summed E-state index contributed by atoms with van der Waals surface area (Å²) in [6.45, 7) is 0. The molecule has 0 radical (unpaired) electrons. The average Bonchev–Trinajstić information content (AvgIpc) is 1.66. The van der Waals surface area contributed by atoms with Gasteiger partial charge in [0.05, 0.1) is 57.5 Å². The molecule has 1 amide bonds. The number of aromatic carboxylic acids is 1. The Morgan fingerprint density at radius 2 is 0.714 bits per heavy atom. The van der Waals surface area contributed by atoms with E-state index >= 15 is 0 Å². The minimum Gasteiger partial charge on any atom is -0.507 e. The molecule has 133 heavy (non-hydrogen) atoms. The molecule has 0 saturated carbocycles. The summed E-state index contributed by atoms with van der Waals surface area (Å²) in [4.78, 5) is 117. The summed E-state index contributed by atoms with van der Waals surface area (Å²) in [5, 5.41) is 90.8. The Bertz CT molecular complexity index is 6690. The number of benzene rings is 7. The third kappa shape index (κ3) is 33.3. The molecule has 10 aromatic heterocycles. The van der Waals surface area contributed by atoms with Crippen LogP contribution in [0, 0.1) is 30.3 Å². The molecule has 51 heteroatoms. The van der Waals surface area contributed by atoms with Crippen molar-refractivity contribution < 1.29 is 90.2 Å². The van der Waals surface area contributed by atoms with Crippen molar-refractivity contribution in [3.8, 4) is 68.0 Å². The molecule has 17 rings (SSSR count). The van der Waals surface area contributed by atoms with Crippen molar-refractivity contribution in [3.05, 3.63) is 318 Å². The Balaban J connectivity index is 0.000000219. The van der Waals surface area contributed by atoms with Crippen molar-refractivity contribution in [2.24, 2.45) is 0 Å². The van der Waals surface area contributed by atoms with Crippen molar-refractivity contribution in [1.82, 2.24) is 56.0 Å². The van der Waals surface area contributed by atoms with Gasteiger partial charge in [0.15, 0.2) is 32.5 Å². The van der Waals surface area contributed by atoms with Crippen LogP contribution in [-0.4, -0.2) is 117 Å². The molecule has 17 aromatic rings. The number of thiazole rings is 4. The average molecular weight is 2670 g/mol. The van der Waals surface area contributed by atoms with E-state index in [4.69, 9.17) is 63.1 Å². The first kappa shape index (κ1) is 110. The number of nitrogens with two attached hydrogens (primary N) is 1. The number of hydrogen-bond donors (Lipinski definition) is 8. The van der Waals surface area contributed by atoms with Gasteiger partial charge in [0, 0.05) is 119 Å². The number of rotatable bonds is 18. The van der Waals surface area contributed by atoms with Gasteiger partial charge in [-0.3, -0.25) is 44.7 Å². The topological polar surface area (TPSA) is 557 Å². The molecular weight excluding hydrogens is 2610 g/mol. The number of nitro groups is 3. The number of carboxylic acid groups (broad SMARTS) is 1. The van der Waals surface area contributed by atoms with Gasteiger partial charge in [-0.2, -0.15) is 0 Å². The predicted molar refractivity (Wildman–Crippen MR) is 559 cm³/mol. The number of furan rings is 3. The van der Waals surface area contributed by atoms with Gasteiger partial charge in [0.25, 0.3) is 16.4 Å². The summed E-state index contributed by atoms with van der Waals surface area (Å²) in [6.07, 6.45) is 9.31. The molecule has 0 bridgehead atoms. The van der Waals surface area contributed by atoms with E-state index in [1.807, 2.05) is 54.6 Å². The van der Waals surface area contributed by atoms with E-state index in [0.717, 1.165) is 67.2 Å². The van der Waals surface area contributed by atoms with Crippen LogP contribution in [0.1, 0.15) is 74.0 Å². The largest absolute Gasteiger partial charge is 0.507 e. The van der Waals surface area contributed by atoms with E-state index in [9.17, 15) is 69.9 Å². The van der Waals surface area contributed by atoms with E-state index in [0.29, 0.717) is 103 Å². The molecule has 686 valence electrons. The van der Waals surface area contributed by atoms with E-state index in [1.165, 1.54) is 54.6 Å². The van der Waals surface area contributed by atoms with Crippen LogP contribution in [0.15, 0.2) is 241 Å². The fraction of sp³-hybridized carbons (Fsp3) is 0. The third-order valence-corrected chi connectivity index (χ3v) is 20.3. The van der Waals surface area contributed by atoms with Crippen LogP contribution in [0.2, 0.25) is 5.15 Å². The van der Waals surface area contributed by atoms with E-state index in [1.54, 1.807) is 155 Å². The number of nitrogens with one attached hydrogen (secondary N) is 1. The van der Waals surface area contributed by atoms with Gasteiger partial charge in [0.2, 0.25) is 14.2 Å². The number of phenols is 4. The molecule has 0 spiro atoms. The smallest absolute Gasteiger partial charge is 0.433 e. The van der Waals surface area contributed by atoms with Crippen molar-refractivity contribution >= 4 is 330 Å². The predicted octanol–water partition coefficient (Wildman–Crippen LogP) is 22.6. The van der Waals surface area contributed by atoms with E-state index in [2.05, 4.69) is 151 Å². The molecule has 0 aliphatic heterocycles. The second kappa shape index (κ2) is 55.4. The molecule has 0 unspecified atom stereocenters. The quantitative estimate of drug-likeness (QED) is 0.0130. The maximum Gasteiger partial charge on any atom is 0.433 e. The molecule has 0 aliphatic carbocycles. The molecular formula is C82H56Cl5I6N16O19S5-. The van der Waals surface area contributed by atoms with Gasteiger partial charge in [-0.25, -0.2) is 58.8 Å². The Morgan fingerprint density at radius 1 is 0.429 bits per heavy atom. The first-order valence-corrected chi connectivity index (χ1v) is 61.9. The summed E-state index contributed by atoms with van der Waals surface area (Å²) in [5.41, 5.74) is 12.3. The molecule has 7 aromatic carbocycles. The summed E-state index contributed by atoms with van der Waals surface area (Å²) in [7, 11) is 7.36. The number of carbonyl (C=O) groups is 4. The molecule has 10 heterocycles. The Labute approximate surface area is 862 Å². The minimum absolute atomic E-state index is 0. The van der Waals surface area contributed by atoms with Crippen molar-refractivity contribution in [2.75, 3.05) is 11.1 Å². The maximum absolute atomic E-state index is 13.0. The van der Waals surface area contributed by atoms with Crippen LogP contribution < -0.4 is 30.5 Å². The number of hydrogen-bond acceptors (Lipinski definition) is 34. The van der Waals surface area contributed by atoms with Gasteiger partial charge in [-0.1, -0.05) is 96.5 Å². The van der Waals surface area contributed by atoms with E-state index in [-0.39, 0.29) is 108 Å². The van der Waals surface area contributed by atoms with Gasteiger partial charge in [-0.05, 0) is 163 Å². The minimum atomic E-state index is -1.67. The molecule has 35 nitrogen and oxygen atoms in total. The standard InChI is InChI=1S/C24H15N5O5S.C14H8ClN3O3.C14H10N4O3.2C10H6ClNO2S.C10H7NO3S.Cl2OS.I3.I2.HI.H3N/c30-19-8-4-2-5-15(19)18-13-35-24(26-18)23(31)28-22-16-6-1-3-7-17(16)25-20(27-22)11-9-14-10-12-21(34-14)29(32)33;2*15-14-10-3-1-2-4-11(10)16-12(17-14)7-5-9-6-8-13(21-9)18(19)20;2*11-9(14)10-12-7(5-15-10)6-3-1-2-4-8(6)13;12-8-4-2-1-3-6(8)7-5-15-9(11-7)10(13)14;1-4(2)3;1-3-2;1-2;;/h1-13,30H,(H,25,27,28,31);1-8H;1-8H,(H2,15,16,17);2*1-5,13H;1-5,12H,(H,13,14);;;;1H;1H3/q;;;;;;;-1;;;/b11-9+;2*7-5+;;;;;;;;. The molecule has 0 aliphatic rings. The van der Waals surface area contributed by atoms with Crippen molar-refractivity contribution in [3.63, 3.8) is 0 Å². The first-order valence-electron chi connectivity index (χ1n) is 35.6. The molecule has 0 saturated heterocycles. The number of phenolic OH excluding ortho intramolecular Hbond substituents is 4. The second-order valence-electron chi connectivity index (χ2n) is 24.4. The number of aromatic nitrogens is 10. The molecule has 0 atom stereocenters. The monoisotopic (exact) mass is 2660 g/mol. The number of anilines is 2. The Kier molecular flexibility index (Phi) is 45.7. The Morgan fingerprint density at radius 3 is 1.05 bits per heavy atom. The number of fused-ring (bicyclic) bond motifs is 3. The summed E-state index contributed by atoms with van der Waals surface area (Å²) in [5.74, 6) is 0.622. The SMILES string of the molecule is I.II.I[I-]I.N.Nc1nc(/C=C/c2ccc([N+](=O)[O-])o2)nc2ccccc12.O=C(Cl)c1nc(-c2ccccc2O)cs1.O=C(Cl)c1nc(-c2ccccc2O)cs1.O=C(Nc1nc(/C=C/c2ccc([N+](=O)[O-])o2)nc2ccccc12)c1nc(-c2ccccc2O)cs1.O=C(O)c1nc(-c2ccccc2O)cs1.O=S(Cl)Cl.O=[N+]([O-])c1ccc(/C=C/c2nc(Cl)c3ccccc3n2)o1. The van der Waals surface area contributed by atoms with Crippen LogP contribution in [0.25, 0.3) is 114 Å². The van der Waals surface area contributed by atoms with Gasteiger partial charge in [-0.15, -0.1) is 69.3 Å². The zero-order valence-electron chi connectivity index (χ0n) is 66.2. The van der Waals surface area contributed by atoms with Crippen LogP contribution >= 0.6 is 200 Å². The normalized spacial score (nSPS) is 10.4. The van der Waals surface area contributed by atoms with Gasteiger partial charge in [0.1, 0.15) is 71.8 Å². The van der Waals surface area contributed by atoms with Crippen LogP contribution in [-0.2, 0) is 9.23 Å². The van der Waals surface area contributed by atoms with Crippen molar-refractivity contribution in [2.45, 2.75) is 0 Å². The van der Waals surface area contributed by atoms with Gasteiger partial charge < -0.3 is 56.0 Å². The molecule has 0 fully saturated rings. The number of nitrogens with zero attached hydrogens (tertiary/aromatic N) is 13. The maximum atomic E-state index is 13.0. The zero-order valence-corrected chi connectivity index (χ0v) is 87.2. The summed E-state index contributed by atoms with van der Waals surface area (Å²) in [6, 6.07) is 57.3. The third-order valence-electron chi connectivity index (χ3n) is 16.1. The number of carbonyl (C=O) groups excluding carboxylic acids is 3. The summed E-state index contributed by atoms with van der Waals surface area (Å²) < 4.78 is 24.2. The van der Waals surface area contributed by atoms with Crippen LogP contribution in [0.5, 0.6) is 23.0 Å². The zero-order chi connectivity index (χ0) is 94.8. The number of para-hydroxylation sites is 7. The fourth-order valence-corrected chi connectivity index (χ4v) is 13.8. The number of amides is 1. The van der Waals surface area contributed by atoms with Crippen LogP contribution in [0.4, 0.5) is 29.3 Å². The van der Waals surface area contributed by atoms with E-state index < -0.39 is 46.4 Å². The Hall–Kier alpha value is -10.4. The van der Waals surface area contributed by atoms with Crippen LogP contribution in [0.3, 0.4) is 0 Å². The van der Waals surface area contributed by atoms with Gasteiger partial charge >= 0.3 is 74.1 Å².